The zero-order chi connectivity index (χ0) is 10.8. The van der Waals surface area contributed by atoms with E-state index in [0.717, 1.165) is 35.7 Å². The second-order valence-corrected chi connectivity index (χ2v) is 3.62. The molecule has 0 saturated heterocycles. The van der Waals surface area contributed by atoms with Crippen LogP contribution >= 0.6 is 0 Å². The van der Waals surface area contributed by atoms with Crippen LogP contribution in [0.3, 0.4) is 0 Å². The lowest BCUT2D eigenvalue weighted by Crippen LogP contribution is -2.10. The second-order valence-electron chi connectivity index (χ2n) is 3.62. The predicted octanol–water partition coefficient (Wildman–Crippen LogP) is 1.32. The smallest absolute Gasteiger partial charge is 0.154 e. The van der Waals surface area contributed by atoms with Gasteiger partial charge in [-0.2, -0.15) is 5.10 Å². The fraction of sp³-hybridized carbons (Fsp3) is 0.455. The normalized spacial score (nSPS) is 11.1. The van der Waals surface area contributed by atoms with E-state index < -0.39 is 0 Å². The van der Waals surface area contributed by atoms with E-state index in [-0.39, 0.29) is 0 Å². The maximum absolute atomic E-state index is 4.55. The summed E-state index contributed by atoms with van der Waals surface area (Å²) in [7, 11) is 1.93. The zero-order valence-electron chi connectivity index (χ0n) is 9.41. The number of imidazole rings is 1. The first-order chi connectivity index (χ1) is 7.26. The summed E-state index contributed by atoms with van der Waals surface area (Å²) < 4.78 is 1.94. The molecule has 0 radical (unpaired) electrons. The third kappa shape index (κ3) is 1.72. The van der Waals surface area contributed by atoms with Gasteiger partial charge >= 0.3 is 0 Å². The van der Waals surface area contributed by atoms with Crippen LogP contribution < -0.4 is 5.32 Å². The highest BCUT2D eigenvalue weighted by Crippen LogP contribution is 2.11. The minimum absolute atomic E-state index is 0.799. The van der Waals surface area contributed by atoms with Crippen LogP contribution in [0.4, 0.5) is 0 Å². The minimum Gasteiger partial charge on any atom is -0.314 e. The molecular weight excluding hydrogens is 188 g/mol. The second kappa shape index (κ2) is 3.98. The quantitative estimate of drug-likeness (QED) is 0.820. The lowest BCUT2D eigenvalue weighted by molar-refractivity contribution is 0.731. The summed E-state index contributed by atoms with van der Waals surface area (Å²) in [4.78, 5) is 4.47. The molecule has 0 fully saturated rings. The van der Waals surface area contributed by atoms with Gasteiger partial charge in [0.15, 0.2) is 5.65 Å². The van der Waals surface area contributed by atoms with Crippen LogP contribution in [0.25, 0.3) is 5.65 Å². The van der Waals surface area contributed by atoms with E-state index in [4.69, 9.17) is 0 Å². The fourth-order valence-corrected chi connectivity index (χ4v) is 1.69. The molecular formula is C11H16N4. The summed E-state index contributed by atoms with van der Waals surface area (Å²) in [5.41, 5.74) is 4.21. The zero-order valence-corrected chi connectivity index (χ0v) is 9.41. The van der Waals surface area contributed by atoms with Crippen molar-refractivity contribution >= 4 is 5.65 Å². The molecule has 0 aliphatic carbocycles. The Balaban J connectivity index is 2.61. The number of hydrogen-bond acceptors (Lipinski definition) is 3. The highest BCUT2D eigenvalue weighted by atomic mass is 15.3. The molecule has 0 aliphatic rings. The Hall–Kier alpha value is -1.42. The molecule has 0 atom stereocenters. The van der Waals surface area contributed by atoms with Crippen molar-refractivity contribution in [1.82, 2.24) is 19.9 Å². The molecule has 1 N–H and O–H groups in total. The Morgan fingerprint density at radius 3 is 2.87 bits per heavy atom. The maximum Gasteiger partial charge on any atom is 0.154 e. The summed E-state index contributed by atoms with van der Waals surface area (Å²) in [5.74, 6) is 0. The van der Waals surface area contributed by atoms with Gasteiger partial charge in [-0.25, -0.2) is 9.50 Å². The highest BCUT2D eigenvalue weighted by molar-refractivity contribution is 5.41. The fourth-order valence-electron chi connectivity index (χ4n) is 1.69. The average molecular weight is 204 g/mol. The van der Waals surface area contributed by atoms with Gasteiger partial charge in [0.1, 0.15) is 0 Å². The van der Waals surface area contributed by atoms with Crippen molar-refractivity contribution in [2.45, 2.75) is 26.8 Å². The number of fused-ring (bicyclic) bond motifs is 1. The van der Waals surface area contributed by atoms with Gasteiger partial charge < -0.3 is 5.32 Å². The molecule has 4 heteroatoms. The molecule has 4 nitrogen and oxygen atoms in total. The number of aromatic nitrogens is 3. The van der Waals surface area contributed by atoms with E-state index in [1.807, 2.05) is 30.6 Å². The third-order valence-electron chi connectivity index (χ3n) is 2.53. The maximum atomic E-state index is 4.55. The minimum atomic E-state index is 0.799. The van der Waals surface area contributed by atoms with Crippen LogP contribution in [0.1, 0.15) is 24.0 Å². The van der Waals surface area contributed by atoms with Crippen LogP contribution in [-0.4, -0.2) is 21.6 Å². The van der Waals surface area contributed by atoms with Crippen LogP contribution in [0.2, 0.25) is 0 Å². The molecule has 2 heterocycles. The summed E-state index contributed by atoms with van der Waals surface area (Å²) >= 11 is 0. The highest BCUT2D eigenvalue weighted by Gasteiger charge is 2.08. The molecule has 0 spiro atoms. The largest absolute Gasteiger partial charge is 0.314 e. The molecule has 15 heavy (non-hydrogen) atoms. The van der Waals surface area contributed by atoms with Crippen molar-refractivity contribution in [3.8, 4) is 0 Å². The van der Waals surface area contributed by atoms with Gasteiger partial charge in [0, 0.05) is 6.54 Å². The molecule has 2 aromatic rings. The predicted molar refractivity (Wildman–Crippen MR) is 59.9 cm³/mol. The monoisotopic (exact) mass is 204 g/mol. The van der Waals surface area contributed by atoms with Gasteiger partial charge in [0.25, 0.3) is 0 Å². The Morgan fingerprint density at radius 1 is 1.40 bits per heavy atom. The van der Waals surface area contributed by atoms with Gasteiger partial charge in [-0.05, 0) is 32.5 Å². The first kappa shape index (κ1) is 10.1. The third-order valence-corrected chi connectivity index (χ3v) is 2.53. The van der Waals surface area contributed by atoms with Gasteiger partial charge in [-0.1, -0.05) is 6.92 Å². The SMILES string of the molecule is CCc1ccc2nc(C)c(CNC)n2n1. The topological polar surface area (TPSA) is 42.2 Å². The first-order valence-electron chi connectivity index (χ1n) is 5.25. The lowest BCUT2D eigenvalue weighted by Gasteiger charge is -2.02. The molecule has 0 aliphatic heterocycles. The Labute approximate surface area is 89.3 Å². The van der Waals surface area contributed by atoms with Gasteiger partial charge in [0.2, 0.25) is 0 Å². The molecule has 0 aromatic carbocycles. The first-order valence-corrected chi connectivity index (χ1v) is 5.25. The van der Waals surface area contributed by atoms with E-state index in [9.17, 15) is 0 Å². The number of nitrogens with zero attached hydrogens (tertiary/aromatic N) is 3. The Kier molecular flexibility index (Phi) is 2.68. The Bertz CT molecular complexity index is 473. The van der Waals surface area contributed by atoms with Crippen LogP contribution in [0.5, 0.6) is 0 Å². The molecule has 0 unspecified atom stereocenters. The summed E-state index contributed by atoms with van der Waals surface area (Å²) in [6.07, 6.45) is 0.951. The van der Waals surface area contributed by atoms with E-state index in [1.54, 1.807) is 0 Å². The summed E-state index contributed by atoms with van der Waals surface area (Å²) in [6, 6.07) is 4.06. The standard InChI is InChI=1S/C11H16N4/c1-4-9-5-6-11-13-8(2)10(7-12-3)15(11)14-9/h5-6,12H,4,7H2,1-3H3. The van der Waals surface area contributed by atoms with Crippen molar-refractivity contribution in [3.63, 3.8) is 0 Å². The van der Waals surface area contributed by atoms with Crippen LogP contribution in [0.15, 0.2) is 12.1 Å². The van der Waals surface area contributed by atoms with Crippen molar-refractivity contribution in [2.75, 3.05) is 7.05 Å². The number of rotatable bonds is 3. The van der Waals surface area contributed by atoms with Crippen LogP contribution in [-0.2, 0) is 13.0 Å². The molecule has 80 valence electrons. The Morgan fingerprint density at radius 2 is 2.20 bits per heavy atom. The van der Waals surface area contributed by atoms with Crippen molar-refractivity contribution in [1.29, 1.82) is 0 Å². The van der Waals surface area contributed by atoms with Gasteiger partial charge in [0.05, 0.1) is 17.1 Å². The lowest BCUT2D eigenvalue weighted by atomic mass is 10.3. The molecule has 2 rings (SSSR count). The van der Waals surface area contributed by atoms with Crippen molar-refractivity contribution in [3.05, 3.63) is 29.2 Å². The number of hydrogen-bond donors (Lipinski definition) is 1. The van der Waals surface area contributed by atoms with Gasteiger partial charge in [-0.3, -0.25) is 0 Å². The number of nitrogens with one attached hydrogen (secondary N) is 1. The average Bonchev–Trinajstić information content (AvgIpc) is 2.55. The summed E-state index contributed by atoms with van der Waals surface area (Å²) in [5, 5.41) is 7.69. The van der Waals surface area contributed by atoms with Crippen LogP contribution in [0, 0.1) is 6.92 Å². The summed E-state index contributed by atoms with van der Waals surface area (Å²) in [6.45, 7) is 4.93. The molecule has 0 saturated carbocycles. The molecule has 0 bridgehead atoms. The van der Waals surface area contributed by atoms with E-state index >= 15 is 0 Å². The molecule has 2 aromatic heterocycles. The van der Waals surface area contributed by atoms with E-state index in [1.165, 1.54) is 0 Å². The van der Waals surface area contributed by atoms with Gasteiger partial charge in [-0.15, -0.1) is 0 Å². The molecule has 0 amide bonds. The van der Waals surface area contributed by atoms with E-state index in [2.05, 4.69) is 22.3 Å². The number of aryl methyl sites for hydroxylation is 2. The van der Waals surface area contributed by atoms with Crippen molar-refractivity contribution in [2.24, 2.45) is 0 Å². The van der Waals surface area contributed by atoms with Crippen molar-refractivity contribution < 1.29 is 0 Å². The van der Waals surface area contributed by atoms with E-state index in [0.29, 0.717) is 0 Å².